The number of nitrogens with zero attached hydrogens (tertiary/aromatic N) is 2. The molecule has 0 bridgehead atoms. The van der Waals surface area contributed by atoms with Gasteiger partial charge in [-0.3, -0.25) is 0 Å². The van der Waals surface area contributed by atoms with Crippen molar-refractivity contribution in [3.05, 3.63) is 52.5 Å². The van der Waals surface area contributed by atoms with E-state index in [1.807, 2.05) is 0 Å². The van der Waals surface area contributed by atoms with Crippen molar-refractivity contribution in [1.82, 2.24) is 9.97 Å². The van der Waals surface area contributed by atoms with E-state index in [0.717, 1.165) is 12.3 Å². The normalized spacial score (nSPS) is 10.7. The third-order valence-corrected chi connectivity index (χ3v) is 3.39. The molecule has 0 aliphatic rings. The van der Waals surface area contributed by atoms with Crippen LogP contribution in [0.4, 0.5) is 8.78 Å². The van der Waals surface area contributed by atoms with Gasteiger partial charge in [0.05, 0.1) is 0 Å². The first kappa shape index (κ1) is 16.7. The van der Waals surface area contributed by atoms with E-state index in [1.165, 1.54) is 24.3 Å². The lowest BCUT2D eigenvalue weighted by atomic mass is 10.5. The molecule has 0 aliphatic heterocycles. The Hall–Kier alpha value is -1.31. The van der Waals surface area contributed by atoms with Gasteiger partial charge in [0.2, 0.25) is 11.9 Å². The molecule has 0 radical (unpaired) electrons. The number of aromatic nitrogens is 2. The van der Waals surface area contributed by atoms with Crippen LogP contribution in [0.3, 0.4) is 0 Å². The third kappa shape index (κ3) is 5.36. The molecule has 2 heterocycles. The zero-order valence-corrected chi connectivity index (χ0v) is 12.3. The van der Waals surface area contributed by atoms with E-state index in [2.05, 4.69) is 9.97 Å². The summed E-state index contributed by atoms with van der Waals surface area (Å²) in [5, 5.41) is 0.116. The lowest BCUT2D eigenvalue weighted by Crippen LogP contribution is -2.02. The minimum atomic E-state index is -3.55. The van der Waals surface area contributed by atoms with Crippen LogP contribution in [0.5, 0.6) is 0 Å². The van der Waals surface area contributed by atoms with Crippen LogP contribution < -0.4 is 0 Å². The van der Waals surface area contributed by atoms with Crippen LogP contribution in [0, 0.1) is 11.9 Å². The largest absolute Gasteiger partial charge is 0.233 e. The van der Waals surface area contributed by atoms with Crippen molar-refractivity contribution in [2.45, 2.75) is 4.90 Å². The van der Waals surface area contributed by atoms with Crippen molar-refractivity contribution >= 4 is 33.0 Å². The summed E-state index contributed by atoms with van der Waals surface area (Å²) in [5.41, 5.74) is 0. The molecule has 0 aliphatic carbocycles. The molecule has 20 heavy (non-hydrogen) atoms. The molecule has 2 rings (SSSR count). The topological polar surface area (TPSA) is 59.9 Å². The minimum absolute atomic E-state index is 0.0695. The Labute approximate surface area is 124 Å². The Morgan fingerprint density at radius 3 is 2.00 bits per heavy atom. The fourth-order valence-corrected chi connectivity index (χ4v) is 2.02. The summed E-state index contributed by atoms with van der Waals surface area (Å²) in [6, 6.07) is 6.57. The highest BCUT2D eigenvalue weighted by Crippen LogP contribution is 2.14. The summed E-state index contributed by atoms with van der Waals surface area (Å²) in [7, 11) is -3.55. The Balaban J connectivity index is 0.000000217. The van der Waals surface area contributed by atoms with Crippen molar-refractivity contribution in [3.8, 4) is 0 Å². The zero-order chi connectivity index (χ0) is 15.3. The molecular formula is C11H8Cl2F2N2O2S. The second-order valence-electron chi connectivity index (χ2n) is 3.48. The fraction of sp³-hybridized carbons (Fsp3) is 0.0909. The average Bonchev–Trinajstić information content (AvgIpc) is 2.27. The number of halogens is 4. The van der Waals surface area contributed by atoms with E-state index in [-0.39, 0.29) is 10.3 Å². The SMILES string of the molecule is CS(=O)(=O)c1ccc(Cl)nc1F.Fc1cccc(Cl)n1. The molecule has 0 fully saturated rings. The first-order valence-electron chi connectivity index (χ1n) is 5.00. The molecule has 0 aromatic carbocycles. The number of hydrogen-bond donors (Lipinski definition) is 0. The van der Waals surface area contributed by atoms with Crippen LogP contribution >= 0.6 is 23.2 Å². The number of rotatable bonds is 1. The Kier molecular flexibility index (Phi) is 5.79. The van der Waals surface area contributed by atoms with Gasteiger partial charge in [0.25, 0.3) is 0 Å². The molecule has 9 heteroatoms. The van der Waals surface area contributed by atoms with Crippen LogP contribution in [0.1, 0.15) is 0 Å². The molecule has 0 amide bonds. The second kappa shape index (κ2) is 6.92. The molecule has 0 atom stereocenters. The number of hydrogen-bond acceptors (Lipinski definition) is 4. The van der Waals surface area contributed by atoms with E-state index in [1.54, 1.807) is 0 Å². The van der Waals surface area contributed by atoms with Crippen molar-refractivity contribution in [2.75, 3.05) is 6.26 Å². The first-order chi connectivity index (χ1) is 9.20. The first-order valence-corrected chi connectivity index (χ1v) is 7.65. The van der Waals surface area contributed by atoms with Gasteiger partial charge in [-0.05, 0) is 24.3 Å². The molecule has 0 unspecified atom stereocenters. The van der Waals surface area contributed by atoms with Crippen molar-refractivity contribution in [2.24, 2.45) is 0 Å². The van der Waals surface area contributed by atoms with Crippen LogP contribution in [0.15, 0.2) is 35.2 Å². The maximum Gasteiger partial charge on any atom is 0.233 e. The van der Waals surface area contributed by atoms with Crippen LogP contribution in [-0.2, 0) is 9.84 Å². The van der Waals surface area contributed by atoms with Crippen LogP contribution in [-0.4, -0.2) is 24.6 Å². The second-order valence-corrected chi connectivity index (χ2v) is 6.24. The predicted octanol–water partition coefficient (Wildman–Crippen LogP) is 3.15. The highest BCUT2D eigenvalue weighted by Gasteiger charge is 2.14. The van der Waals surface area contributed by atoms with Gasteiger partial charge in [0, 0.05) is 6.26 Å². The third-order valence-electron chi connectivity index (χ3n) is 1.86. The van der Waals surface area contributed by atoms with Gasteiger partial charge in [-0.25, -0.2) is 18.4 Å². The molecule has 0 saturated carbocycles. The van der Waals surface area contributed by atoms with E-state index in [9.17, 15) is 17.2 Å². The summed E-state index contributed by atoms with van der Waals surface area (Å²) < 4.78 is 46.4. The quantitative estimate of drug-likeness (QED) is 0.748. The van der Waals surface area contributed by atoms with Gasteiger partial charge < -0.3 is 0 Å². The Morgan fingerprint density at radius 2 is 1.60 bits per heavy atom. The summed E-state index contributed by atoms with van der Waals surface area (Å²) in [4.78, 5) is 5.99. The van der Waals surface area contributed by atoms with E-state index in [4.69, 9.17) is 23.2 Å². The van der Waals surface area contributed by atoms with Crippen molar-refractivity contribution < 1.29 is 17.2 Å². The Morgan fingerprint density at radius 1 is 1.00 bits per heavy atom. The molecule has 2 aromatic heterocycles. The summed E-state index contributed by atoms with van der Waals surface area (Å²) in [5.74, 6) is -1.61. The van der Waals surface area contributed by atoms with E-state index >= 15 is 0 Å². The van der Waals surface area contributed by atoms with Gasteiger partial charge in [0.1, 0.15) is 15.2 Å². The summed E-state index contributed by atoms with van der Waals surface area (Å²) >= 11 is 10.6. The maximum atomic E-state index is 12.8. The Bertz CT molecular complexity index is 694. The standard InChI is InChI=1S/C6H5ClFNO2S.C5H3ClFN/c1-12(10,11)4-2-3-5(7)9-6(4)8;6-4-2-1-3-5(7)8-4/h2-3H,1H3;1-3H. The van der Waals surface area contributed by atoms with Crippen LogP contribution in [0.25, 0.3) is 0 Å². The molecule has 2 aromatic rings. The predicted molar refractivity (Wildman–Crippen MR) is 71.5 cm³/mol. The number of sulfone groups is 1. The van der Waals surface area contributed by atoms with Crippen LogP contribution in [0.2, 0.25) is 10.3 Å². The summed E-state index contributed by atoms with van der Waals surface area (Å²) in [6.07, 6.45) is 0.904. The van der Waals surface area contributed by atoms with Gasteiger partial charge >= 0.3 is 0 Å². The summed E-state index contributed by atoms with van der Waals surface area (Å²) in [6.45, 7) is 0. The lowest BCUT2D eigenvalue weighted by Gasteiger charge is -1.98. The maximum absolute atomic E-state index is 12.8. The fourth-order valence-electron chi connectivity index (χ4n) is 1.06. The van der Waals surface area contributed by atoms with E-state index in [0.29, 0.717) is 0 Å². The number of pyridine rings is 2. The minimum Gasteiger partial charge on any atom is -0.224 e. The molecule has 0 saturated heterocycles. The molecule has 0 spiro atoms. The van der Waals surface area contributed by atoms with Crippen molar-refractivity contribution in [3.63, 3.8) is 0 Å². The highest BCUT2D eigenvalue weighted by atomic mass is 35.5. The smallest absolute Gasteiger partial charge is 0.224 e. The monoisotopic (exact) mass is 340 g/mol. The van der Waals surface area contributed by atoms with E-state index < -0.39 is 26.6 Å². The van der Waals surface area contributed by atoms with Gasteiger partial charge in [-0.1, -0.05) is 29.3 Å². The molecule has 108 valence electrons. The van der Waals surface area contributed by atoms with Gasteiger partial charge in [0.15, 0.2) is 9.84 Å². The van der Waals surface area contributed by atoms with Crippen molar-refractivity contribution in [1.29, 1.82) is 0 Å². The lowest BCUT2D eigenvalue weighted by molar-refractivity contribution is 0.540. The highest BCUT2D eigenvalue weighted by molar-refractivity contribution is 7.90. The van der Waals surface area contributed by atoms with Gasteiger partial charge in [-0.15, -0.1) is 0 Å². The molecular weight excluding hydrogens is 333 g/mol. The molecule has 4 nitrogen and oxygen atoms in total. The van der Waals surface area contributed by atoms with Gasteiger partial charge in [-0.2, -0.15) is 8.78 Å². The average molecular weight is 341 g/mol. The molecule has 0 N–H and O–H groups in total. The zero-order valence-electron chi connectivity index (χ0n) is 10.0.